The van der Waals surface area contributed by atoms with Crippen molar-refractivity contribution in [2.24, 2.45) is 5.92 Å². The van der Waals surface area contributed by atoms with Gasteiger partial charge in [-0.2, -0.15) is 15.0 Å². The number of likely N-dealkylation sites (tertiary alicyclic amines) is 1. The van der Waals surface area contributed by atoms with Crippen molar-refractivity contribution < 1.29 is 9.90 Å². The summed E-state index contributed by atoms with van der Waals surface area (Å²) in [5.41, 5.74) is 1.78. The molecule has 3 rings (SSSR count). The lowest BCUT2D eigenvalue weighted by Crippen LogP contribution is -2.23. The maximum absolute atomic E-state index is 10.9. The minimum absolute atomic E-state index is 0.251. The van der Waals surface area contributed by atoms with Gasteiger partial charge in [0, 0.05) is 13.1 Å². The van der Waals surface area contributed by atoms with Crippen LogP contribution in [0, 0.1) is 5.92 Å². The first-order valence-corrected chi connectivity index (χ1v) is 6.64. The van der Waals surface area contributed by atoms with E-state index in [4.69, 9.17) is 5.11 Å². The fourth-order valence-corrected chi connectivity index (χ4v) is 2.46. The van der Waals surface area contributed by atoms with E-state index >= 15 is 0 Å². The number of carbonyl (C=O) groups is 1. The van der Waals surface area contributed by atoms with Gasteiger partial charge in [-0.05, 0) is 25.1 Å². The van der Waals surface area contributed by atoms with Gasteiger partial charge >= 0.3 is 5.97 Å². The van der Waals surface area contributed by atoms with Crippen LogP contribution in [-0.4, -0.2) is 44.1 Å². The molecule has 0 saturated carbocycles. The van der Waals surface area contributed by atoms with Crippen LogP contribution in [0.3, 0.4) is 0 Å². The number of carboxylic acids is 1. The Hall–Kier alpha value is -2.21. The summed E-state index contributed by atoms with van der Waals surface area (Å²) in [5, 5.41) is 17.7. The second-order valence-electron chi connectivity index (χ2n) is 5.02. The zero-order valence-corrected chi connectivity index (χ0v) is 11.0. The monoisotopic (exact) mass is 272 g/mol. The van der Waals surface area contributed by atoms with Crippen molar-refractivity contribution in [2.45, 2.75) is 13.0 Å². The van der Waals surface area contributed by atoms with Gasteiger partial charge in [0.2, 0.25) is 0 Å². The third-order valence-electron chi connectivity index (χ3n) is 3.53. The third-order valence-corrected chi connectivity index (χ3v) is 3.53. The predicted octanol–water partition coefficient (Wildman–Crippen LogP) is 1.17. The molecule has 1 atom stereocenters. The minimum Gasteiger partial charge on any atom is -0.481 e. The first-order chi connectivity index (χ1) is 9.72. The van der Waals surface area contributed by atoms with Gasteiger partial charge in [0.25, 0.3) is 0 Å². The number of rotatable bonds is 4. The molecule has 20 heavy (non-hydrogen) atoms. The maximum atomic E-state index is 10.9. The Balaban J connectivity index is 1.65. The fourth-order valence-electron chi connectivity index (χ4n) is 2.46. The summed E-state index contributed by atoms with van der Waals surface area (Å²) in [6, 6.07) is 9.72. The zero-order chi connectivity index (χ0) is 13.9. The molecule has 0 spiro atoms. The van der Waals surface area contributed by atoms with Crippen molar-refractivity contribution in [3.8, 4) is 5.69 Å². The number of benzene rings is 1. The Morgan fingerprint density at radius 3 is 2.85 bits per heavy atom. The lowest BCUT2D eigenvalue weighted by atomic mass is 10.1. The van der Waals surface area contributed by atoms with Crippen LogP contribution in [0.15, 0.2) is 36.5 Å². The van der Waals surface area contributed by atoms with Crippen LogP contribution in [0.25, 0.3) is 5.69 Å². The van der Waals surface area contributed by atoms with E-state index in [0.29, 0.717) is 19.5 Å². The first kappa shape index (κ1) is 12.8. The molecule has 1 aliphatic rings. The van der Waals surface area contributed by atoms with Gasteiger partial charge in [0.1, 0.15) is 0 Å². The first-order valence-electron chi connectivity index (χ1n) is 6.64. The molecule has 0 amide bonds. The minimum atomic E-state index is -0.708. The number of para-hydroxylation sites is 1. The highest BCUT2D eigenvalue weighted by atomic mass is 16.4. The molecule has 1 aliphatic heterocycles. The summed E-state index contributed by atoms with van der Waals surface area (Å²) in [7, 11) is 0. The summed E-state index contributed by atoms with van der Waals surface area (Å²) in [6.07, 6.45) is 2.45. The van der Waals surface area contributed by atoms with Gasteiger partial charge in [-0.15, -0.1) is 0 Å². The smallest absolute Gasteiger partial charge is 0.307 e. The van der Waals surface area contributed by atoms with Gasteiger partial charge in [-0.3, -0.25) is 9.69 Å². The molecule has 1 aromatic heterocycles. The largest absolute Gasteiger partial charge is 0.481 e. The highest BCUT2D eigenvalue weighted by Gasteiger charge is 2.28. The number of nitrogens with zero attached hydrogens (tertiary/aromatic N) is 4. The van der Waals surface area contributed by atoms with Crippen LogP contribution >= 0.6 is 0 Å². The third kappa shape index (κ3) is 2.70. The van der Waals surface area contributed by atoms with Crippen molar-refractivity contribution in [3.05, 3.63) is 42.2 Å². The Labute approximate surface area is 116 Å². The van der Waals surface area contributed by atoms with Crippen molar-refractivity contribution in [1.82, 2.24) is 19.9 Å². The molecule has 2 heterocycles. The Morgan fingerprint density at radius 2 is 2.15 bits per heavy atom. The molecule has 0 radical (unpaired) electrons. The quantitative estimate of drug-likeness (QED) is 0.904. The van der Waals surface area contributed by atoms with E-state index in [1.807, 2.05) is 30.3 Å². The molecule has 6 nitrogen and oxygen atoms in total. The summed E-state index contributed by atoms with van der Waals surface area (Å²) in [4.78, 5) is 14.6. The van der Waals surface area contributed by atoms with Crippen LogP contribution < -0.4 is 0 Å². The molecule has 2 aromatic rings. The average molecular weight is 272 g/mol. The van der Waals surface area contributed by atoms with Crippen molar-refractivity contribution in [3.63, 3.8) is 0 Å². The second-order valence-corrected chi connectivity index (χ2v) is 5.02. The fraction of sp³-hybridized carbons (Fsp3) is 0.357. The maximum Gasteiger partial charge on any atom is 0.307 e. The van der Waals surface area contributed by atoms with Crippen molar-refractivity contribution in [1.29, 1.82) is 0 Å². The Morgan fingerprint density at radius 1 is 1.35 bits per heavy atom. The van der Waals surface area contributed by atoms with Crippen molar-refractivity contribution in [2.75, 3.05) is 13.1 Å². The van der Waals surface area contributed by atoms with E-state index in [-0.39, 0.29) is 5.92 Å². The summed E-state index contributed by atoms with van der Waals surface area (Å²) < 4.78 is 0. The lowest BCUT2D eigenvalue weighted by molar-refractivity contribution is -0.141. The average Bonchev–Trinajstić information content (AvgIpc) is 3.10. The van der Waals surface area contributed by atoms with E-state index in [0.717, 1.165) is 17.9 Å². The molecule has 1 N–H and O–H groups in total. The number of carboxylic acid groups (broad SMARTS) is 1. The zero-order valence-electron chi connectivity index (χ0n) is 11.0. The SMILES string of the molecule is O=C(O)[C@@H]1CCN(Cc2cnn(-c3ccccc3)n2)C1. The van der Waals surface area contributed by atoms with Crippen LogP contribution in [0.2, 0.25) is 0 Å². The van der Waals surface area contributed by atoms with Crippen LogP contribution in [0.5, 0.6) is 0 Å². The molecule has 104 valence electrons. The molecule has 1 fully saturated rings. The van der Waals surface area contributed by atoms with E-state index < -0.39 is 5.97 Å². The highest BCUT2D eigenvalue weighted by Crippen LogP contribution is 2.18. The van der Waals surface area contributed by atoms with E-state index in [1.54, 1.807) is 11.0 Å². The molecule has 6 heteroatoms. The second kappa shape index (κ2) is 5.42. The summed E-state index contributed by atoms with van der Waals surface area (Å²) in [6.45, 7) is 2.04. The van der Waals surface area contributed by atoms with Crippen molar-refractivity contribution >= 4 is 5.97 Å². The van der Waals surface area contributed by atoms with E-state index in [9.17, 15) is 4.79 Å². The van der Waals surface area contributed by atoms with E-state index in [1.165, 1.54) is 0 Å². The topological polar surface area (TPSA) is 71.2 Å². The number of hydrogen-bond acceptors (Lipinski definition) is 4. The van der Waals surface area contributed by atoms with Crippen LogP contribution in [0.1, 0.15) is 12.1 Å². The van der Waals surface area contributed by atoms with Crippen LogP contribution in [-0.2, 0) is 11.3 Å². The number of aromatic nitrogens is 3. The Bertz CT molecular complexity index is 596. The lowest BCUT2D eigenvalue weighted by Gasteiger charge is -2.12. The van der Waals surface area contributed by atoms with E-state index in [2.05, 4.69) is 15.1 Å². The Kier molecular flexibility index (Phi) is 3.47. The molecular weight excluding hydrogens is 256 g/mol. The summed E-state index contributed by atoms with van der Waals surface area (Å²) in [5.74, 6) is -0.959. The summed E-state index contributed by atoms with van der Waals surface area (Å²) >= 11 is 0. The van der Waals surface area contributed by atoms with Gasteiger partial charge in [0.05, 0.1) is 23.5 Å². The predicted molar refractivity (Wildman–Crippen MR) is 72.4 cm³/mol. The highest BCUT2D eigenvalue weighted by molar-refractivity contribution is 5.70. The van der Waals surface area contributed by atoms with Gasteiger partial charge in [0.15, 0.2) is 0 Å². The normalized spacial score (nSPS) is 19.3. The number of hydrogen-bond donors (Lipinski definition) is 1. The molecule has 1 saturated heterocycles. The molecule has 0 unspecified atom stereocenters. The van der Waals surface area contributed by atoms with Gasteiger partial charge < -0.3 is 5.11 Å². The van der Waals surface area contributed by atoms with Gasteiger partial charge in [-0.25, -0.2) is 0 Å². The molecular formula is C14H16N4O2. The van der Waals surface area contributed by atoms with Crippen LogP contribution in [0.4, 0.5) is 0 Å². The number of aliphatic carboxylic acids is 1. The molecule has 0 aliphatic carbocycles. The molecule has 0 bridgehead atoms. The standard InChI is InChI=1S/C14H16N4O2/c19-14(20)11-6-7-17(9-11)10-12-8-15-18(16-12)13-4-2-1-3-5-13/h1-5,8,11H,6-7,9-10H2,(H,19,20)/t11-/m1/s1. The van der Waals surface area contributed by atoms with Gasteiger partial charge in [-0.1, -0.05) is 18.2 Å². The molecule has 1 aromatic carbocycles.